The van der Waals surface area contributed by atoms with Gasteiger partial charge in [-0.2, -0.15) is 0 Å². The van der Waals surface area contributed by atoms with Crippen LogP contribution in [0, 0.1) is 0 Å². The van der Waals surface area contributed by atoms with E-state index in [9.17, 15) is 0 Å². The Kier molecular flexibility index (Phi) is 5.69. The Labute approximate surface area is 115 Å². The quantitative estimate of drug-likeness (QED) is 0.645. The Morgan fingerprint density at radius 2 is 1.69 bits per heavy atom. The summed E-state index contributed by atoms with van der Waals surface area (Å²) in [5, 5.41) is 0. The van der Waals surface area contributed by atoms with Gasteiger partial charge in [0.05, 0.1) is 14.1 Å². The van der Waals surface area contributed by atoms with E-state index in [1.54, 1.807) is 0 Å². The fourth-order valence-corrected chi connectivity index (χ4v) is 2.24. The molecule has 8 heteroatoms. The minimum Gasteiger partial charge on any atom is -0.391 e. The number of benzene rings is 1. The fourth-order valence-electron chi connectivity index (χ4n) is 1.31. The molecule has 88 valence electrons. The van der Waals surface area contributed by atoms with Crippen molar-refractivity contribution in [3.8, 4) is 0 Å². The number of aryl methyl sites for hydroxylation is 2. The molecule has 1 aromatic carbocycles. The first-order valence-corrected chi connectivity index (χ1v) is 12.2. The van der Waals surface area contributed by atoms with Crippen LogP contribution >= 0.6 is 48.7 Å². The summed E-state index contributed by atoms with van der Waals surface area (Å²) in [6, 6.07) is 8.44. The van der Waals surface area contributed by atoms with Crippen molar-refractivity contribution in [3.63, 3.8) is 0 Å². The summed E-state index contributed by atoms with van der Waals surface area (Å²) in [7, 11) is 22.5. The van der Waals surface area contributed by atoms with Gasteiger partial charge in [0.1, 0.15) is 0 Å². The average molecular weight is 334 g/mol. The van der Waals surface area contributed by atoms with Gasteiger partial charge in [-0.15, -0.1) is 0 Å². The van der Waals surface area contributed by atoms with Crippen molar-refractivity contribution >= 4 is 69.1 Å². The second kappa shape index (κ2) is 6.12. The second-order valence-corrected chi connectivity index (χ2v) is 17.4. The maximum absolute atomic E-state index is 4.99. The second-order valence-electron chi connectivity index (χ2n) is 3.12. The Hall–Kier alpha value is 0.812. The molecule has 2 nitrogen and oxygen atoms in total. The molecule has 2 rings (SSSR count). The van der Waals surface area contributed by atoms with Gasteiger partial charge in [0, 0.05) is 0 Å². The first-order valence-electron chi connectivity index (χ1n) is 4.44. The zero-order valence-corrected chi connectivity index (χ0v) is 13.8. The minimum absolute atomic E-state index is 1.24. The number of hydrogen-bond acceptors (Lipinski definition) is 0. The summed E-state index contributed by atoms with van der Waals surface area (Å²) >= 11 is 0. The zero-order chi connectivity index (χ0) is 12.3. The van der Waals surface area contributed by atoms with Crippen LogP contribution in [0.5, 0.6) is 0 Å². The standard InChI is InChI=1S/C8H10N2P.Al.4ClH/c1-9-7-5-3-4-6-8(7)10(2)11-9;;;;;/h3-6H,1-2H3;;4*1H/q+1;+3;;;;/p-4. The van der Waals surface area contributed by atoms with Crippen molar-refractivity contribution < 1.29 is 4.33 Å². The van der Waals surface area contributed by atoms with Crippen molar-refractivity contribution in [2.45, 2.75) is 0 Å². The highest BCUT2D eigenvalue weighted by Crippen LogP contribution is 2.23. The monoisotopic (exact) mass is 332 g/mol. The molecule has 0 spiro atoms. The number of para-hydroxylation sites is 2. The molecule has 0 aliphatic carbocycles. The molecule has 1 heterocycles. The molecule has 0 aliphatic heterocycles. The van der Waals surface area contributed by atoms with Crippen molar-refractivity contribution in [2.75, 3.05) is 0 Å². The first-order chi connectivity index (χ1) is 7.29. The molecule has 0 saturated carbocycles. The highest BCUT2D eigenvalue weighted by atomic mass is 35.9. The lowest BCUT2D eigenvalue weighted by Gasteiger charge is -1.97. The van der Waals surface area contributed by atoms with Crippen LogP contribution in [0.15, 0.2) is 24.3 Å². The Bertz CT molecular complexity index is 440. The van der Waals surface area contributed by atoms with Crippen LogP contribution in [0.25, 0.3) is 11.0 Å². The summed E-state index contributed by atoms with van der Waals surface area (Å²) in [5.74, 6) is 0. The lowest BCUT2D eigenvalue weighted by molar-refractivity contribution is -0.571. The summed E-state index contributed by atoms with van der Waals surface area (Å²) in [6.45, 7) is 0. The summed E-state index contributed by atoms with van der Waals surface area (Å²) in [5.41, 5.74) is 2.63. The van der Waals surface area contributed by atoms with Gasteiger partial charge in [-0.3, -0.25) is 0 Å². The summed E-state index contributed by atoms with van der Waals surface area (Å²) in [6.07, 6.45) is 0. The topological polar surface area (TPSA) is 8.81 Å². The van der Waals surface area contributed by atoms with E-state index in [4.69, 9.17) is 40.2 Å². The Morgan fingerprint density at radius 1 is 1.19 bits per heavy atom. The van der Waals surface area contributed by atoms with E-state index in [0.29, 0.717) is 0 Å². The molecule has 1 aromatic heterocycles. The van der Waals surface area contributed by atoms with Gasteiger partial charge >= 0.3 is 17.9 Å². The molecule has 16 heavy (non-hydrogen) atoms. The number of hydrogen-bond donors (Lipinski definition) is 0. The average Bonchev–Trinajstić information content (AvgIpc) is 2.41. The van der Waals surface area contributed by atoms with Gasteiger partial charge in [0.2, 0.25) is 0 Å². The molecule has 2 aromatic rings. The molecular weight excluding hydrogens is 324 g/mol. The predicted molar refractivity (Wildman–Crippen MR) is 75.8 cm³/mol. The van der Waals surface area contributed by atoms with Crippen LogP contribution in [0.4, 0.5) is 0 Å². The van der Waals surface area contributed by atoms with Crippen LogP contribution in [0.2, 0.25) is 0 Å². The van der Waals surface area contributed by atoms with Crippen LogP contribution < -0.4 is 4.33 Å². The van der Waals surface area contributed by atoms with Gasteiger partial charge in [-0.1, -0.05) is 12.1 Å². The smallest absolute Gasteiger partial charge is 0.391 e. The van der Waals surface area contributed by atoms with Gasteiger partial charge in [-0.25, -0.2) is 8.66 Å². The molecule has 0 saturated heterocycles. The lowest BCUT2D eigenvalue weighted by atomic mass is 10.3. The minimum atomic E-state index is -2.94. The van der Waals surface area contributed by atoms with Gasteiger partial charge in [0.25, 0.3) is 0 Å². The molecule has 0 aliphatic rings. The molecule has 0 bridgehead atoms. The summed E-state index contributed by atoms with van der Waals surface area (Å²) in [4.78, 5) is 0. The summed E-state index contributed by atoms with van der Waals surface area (Å²) < 4.78 is 4.44. The van der Waals surface area contributed by atoms with Crippen molar-refractivity contribution in [1.29, 1.82) is 0 Å². The third-order valence-corrected chi connectivity index (χ3v) is 2.81. The Balaban J connectivity index is 0.000000221. The van der Waals surface area contributed by atoms with Crippen molar-refractivity contribution in [2.24, 2.45) is 14.1 Å². The number of aromatic nitrogens is 2. The third kappa shape index (κ3) is 4.98. The number of fused-ring (bicyclic) bond motifs is 1. The van der Waals surface area contributed by atoms with E-state index in [0.717, 1.165) is 0 Å². The number of nitrogens with zero attached hydrogens (tertiary/aromatic N) is 2. The number of halogens is 4. The highest BCUT2D eigenvalue weighted by molar-refractivity contribution is 7.81. The van der Waals surface area contributed by atoms with Crippen LogP contribution in [-0.2, 0) is 14.1 Å². The SMILES string of the molecule is Cn1p[n+](C)c2ccccc21.[Cl][Al-]([Cl])([Cl])[Cl]. The zero-order valence-electron chi connectivity index (χ0n) is 8.74. The van der Waals surface area contributed by atoms with E-state index < -0.39 is 9.39 Å². The maximum Gasteiger partial charge on any atom is 0.564 e. The molecule has 0 unspecified atom stereocenters. The van der Waals surface area contributed by atoms with Gasteiger partial charge < -0.3 is 40.2 Å². The van der Waals surface area contributed by atoms with E-state index in [1.165, 1.54) is 19.5 Å². The Morgan fingerprint density at radius 3 is 2.19 bits per heavy atom. The van der Waals surface area contributed by atoms with Crippen molar-refractivity contribution in [3.05, 3.63) is 24.3 Å². The molecule has 0 N–H and O–H groups in total. The van der Waals surface area contributed by atoms with E-state index >= 15 is 0 Å². The number of rotatable bonds is 0. The van der Waals surface area contributed by atoms with Crippen molar-refractivity contribution in [1.82, 2.24) is 4.33 Å². The van der Waals surface area contributed by atoms with E-state index in [1.807, 2.05) is 0 Å². The molecule has 0 fully saturated rings. The van der Waals surface area contributed by atoms with Crippen LogP contribution in [0.1, 0.15) is 0 Å². The predicted octanol–water partition coefficient (Wildman–Crippen LogP) is 3.96. The molecular formula is C8H10AlCl4N2P. The van der Waals surface area contributed by atoms with Gasteiger partial charge in [0.15, 0.2) is 11.0 Å². The fraction of sp³-hybridized carbons (Fsp3) is 0.250. The molecule has 0 atom stereocenters. The third-order valence-electron chi connectivity index (χ3n) is 1.85. The van der Waals surface area contributed by atoms with Gasteiger partial charge in [-0.05, 0) is 12.1 Å². The van der Waals surface area contributed by atoms with Crippen LogP contribution in [-0.4, -0.2) is 13.7 Å². The maximum atomic E-state index is 4.99. The van der Waals surface area contributed by atoms with E-state index in [-0.39, 0.29) is 0 Å². The normalized spacial score (nSPS) is 11.6. The molecule has 0 amide bonds. The molecule has 0 radical (unpaired) electrons. The lowest BCUT2D eigenvalue weighted by Crippen LogP contribution is -2.19. The highest BCUT2D eigenvalue weighted by Gasteiger charge is 2.14. The van der Waals surface area contributed by atoms with E-state index in [2.05, 4.69) is 47.0 Å². The largest absolute Gasteiger partial charge is 0.564 e. The van der Waals surface area contributed by atoms with Crippen LogP contribution in [0.3, 0.4) is 0 Å². The first kappa shape index (κ1) is 14.9.